The lowest BCUT2D eigenvalue weighted by atomic mass is 10.1. The van der Waals surface area contributed by atoms with Gasteiger partial charge >= 0.3 is 0 Å². The minimum atomic E-state index is -0.686. The third-order valence-electron chi connectivity index (χ3n) is 4.52. The monoisotopic (exact) mass is 391 g/mol. The number of nitrogens with zero attached hydrogens (tertiary/aromatic N) is 1. The van der Waals surface area contributed by atoms with Gasteiger partial charge in [-0.3, -0.25) is 0 Å². The molecule has 7 heteroatoms. The van der Waals surface area contributed by atoms with E-state index in [4.69, 9.17) is 17.0 Å². The van der Waals surface area contributed by atoms with Crippen LogP contribution in [0.5, 0.6) is 5.75 Å². The molecule has 2 aromatic carbocycles. The van der Waals surface area contributed by atoms with Crippen LogP contribution < -0.4 is 15.4 Å². The van der Waals surface area contributed by atoms with Crippen molar-refractivity contribution in [3.8, 4) is 5.75 Å². The number of likely N-dealkylation sites (tertiary alicyclic amines) is 1. The predicted molar refractivity (Wildman–Crippen MR) is 107 cm³/mol. The molecule has 0 amide bonds. The number of ether oxygens (including phenoxy) is 1. The fourth-order valence-corrected chi connectivity index (χ4v) is 3.10. The first-order chi connectivity index (χ1) is 13.0. The Labute approximate surface area is 163 Å². The fraction of sp³-hybridized carbons (Fsp3) is 0.350. The molecule has 0 spiro atoms. The molecular weight excluding hydrogens is 368 g/mol. The average Bonchev–Trinajstić information content (AvgIpc) is 2.65. The lowest BCUT2D eigenvalue weighted by Crippen LogP contribution is -2.35. The molecule has 1 fully saturated rings. The maximum absolute atomic E-state index is 13.6. The number of rotatable bonds is 5. The molecule has 144 valence electrons. The van der Waals surface area contributed by atoms with Gasteiger partial charge in [0, 0.05) is 25.7 Å². The van der Waals surface area contributed by atoms with Gasteiger partial charge in [0.25, 0.3) is 0 Å². The van der Waals surface area contributed by atoms with E-state index < -0.39 is 11.6 Å². The Balaban J connectivity index is 1.46. The van der Waals surface area contributed by atoms with Crippen LogP contribution in [-0.4, -0.2) is 36.3 Å². The SMILES string of the molecule is CN1CCC(Oc2ccc(CNC(=S)Nc3ccc(F)cc3F)cc2)CC1. The second-order valence-corrected chi connectivity index (χ2v) is 7.10. The molecule has 0 aromatic heterocycles. The molecule has 2 aromatic rings. The number of piperidine rings is 1. The molecule has 27 heavy (non-hydrogen) atoms. The van der Waals surface area contributed by atoms with Crippen molar-refractivity contribution in [3.05, 3.63) is 59.7 Å². The highest BCUT2D eigenvalue weighted by atomic mass is 32.1. The van der Waals surface area contributed by atoms with E-state index in [1.54, 1.807) is 0 Å². The van der Waals surface area contributed by atoms with Crippen LogP contribution in [-0.2, 0) is 6.54 Å². The number of hydrogen-bond donors (Lipinski definition) is 2. The molecule has 0 radical (unpaired) electrons. The van der Waals surface area contributed by atoms with E-state index in [-0.39, 0.29) is 16.9 Å². The van der Waals surface area contributed by atoms with E-state index in [1.165, 1.54) is 12.1 Å². The molecule has 1 aliphatic heterocycles. The third-order valence-corrected chi connectivity index (χ3v) is 4.77. The minimum Gasteiger partial charge on any atom is -0.490 e. The van der Waals surface area contributed by atoms with Crippen LogP contribution in [0.25, 0.3) is 0 Å². The fourth-order valence-electron chi connectivity index (χ4n) is 2.92. The summed E-state index contributed by atoms with van der Waals surface area (Å²) in [7, 11) is 2.13. The zero-order chi connectivity index (χ0) is 19.2. The van der Waals surface area contributed by atoms with Gasteiger partial charge in [-0.05, 0) is 61.9 Å². The Morgan fingerprint density at radius 3 is 2.52 bits per heavy atom. The molecule has 4 nitrogen and oxygen atoms in total. The molecule has 0 saturated carbocycles. The lowest BCUT2D eigenvalue weighted by molar-refractivity contribution is 0.114. The number of hydrogen-bond acceptors (Lipinski definition) is 3. The van der Waals surface area contributed by atoms with Gasteiger partial charge in [0.1, 0.15) is 23.5 Å². The highest BCUT2D eigenvalue weighted by Gasteiger charge is 2.17. The van der Waals surface area contributed by atoms with E-state index in [9.17, 15) is 8.78 Å². The van der Waals surface area contributed by atoms with Crippen LogP contribution in [0.1, 0.15) is 18.4 Å². The summed E-state index contributed by atoms with van der Waals surface area (Å²) in [6, 6.07) is 11.1. The highest BCUT2D eigenvalue weighted by Crippen LogP contribution is 2.19. The van der Waals surface area contributed by atoms with Crippen molar-refractivity contribution >= 4 is 23.0 Å². The number of halogens is 2. The van der Waals surface area contributed by atoms with Crippen molar-refractivity contribution in [1.29, 1.82) is 0 Å². The van der Waals surface area contributed by atoms with Gasteiger partial charge < -0.3 is 20.3 Å². The van der Waals surface area contributed by atoms with Crippen molar-refractivity contribution in [2.45, 2.75) is 25.5 Å². The number of benzene rings is 2. The normalized spacial score (nSPS) is 15.4. The molecule has 0 atom stereocenters. The first-order valence-corrected chi connectivity index (χ1v) is 9.34. The van der Waals surface area contributed by atoms with Gasteiger partial charge in [-0.25, -0.2) is 8.78 Å². The Bertz CT molecular complexity index is 777. The maximum atomic E-state index is 13.6. The molecule has 3 rings (SSSR count). The van der Waals surface area contributed by atoms with Gasteiger partial charge in [0.2, 0.25) is 0 Å². The summed E-state index contributed by atoms with van der Waals surface area (Å²) in [5, 5.41) is 6.01. The largest absolute Gasteiger partial charge is 0.490 e. The van der Waals surface area contributed by atoms with Gasteiger partial charge in [0.05, 0.1) is 5.69 Å². The second-order valence-electron chi connectivity index (χ2n) is 6.70. The first-order valence-electron chi connectivity index (χ1n) is 8.93. The quantitative estimate of drug-likeness (QED) is 0.756. The molecule has 1 saturated heterocycles. The predicted octanol–water partition coefficient (Wildman–Crippen LogP) is 3.92. The zero-order valence-electron chi connectivity index (χ0n) is 15.2. The van der Waals surface area contributed by atoms with Crippen molar-refractivity contribution in [2.24, 2.45) is 0 Å². The summed E-state index contributed by atoms with van der Waals surface area (Å²) < 4.78 is 32.6. The molecular formula is C20H23F2N3OS. The Kier molecular flexibility index (Phi) is 6.58. The molecule has 0 bridgehead atoms. The van der Waals surface area contributed by atoms with E-state index in [1.807, 2.05) is 24.3 Å². The van der Waals surface area contributed by atoms with Crippen LogP contribution >= 0.6 is 12.2 Å². The van der Waals surface area contributed by atoms with Crippen LogP contribution in [0.15, 0.2) is 42.5 Å². The Hall–Kier alpha value is -2.25. The van der Waals surface area contributed by atoms with Crippen molar-refractivity contribution in [3.63, 3.8) is 0 Å². The van der Waals surface area contributed by atoms with Gasteiger partial charge in [-0.15, -0.1) is 0 Å². The van der Waals surface area contributed by atoms with Crippen molar-refractivity contribution in [2.75, 3.05) is 25.5 Å². The van der Waals surface area contributed by atoms with E-state index in [0.717, 1.165) is 43.3 Å². The van der Waals surface area contributed by atoms with Crippen molar-refractivity contribution in [1.82, 2.24) is 10.2 Å². The lowest BCUT2D eigenvalue weighted by Gasteiger charge is -2.29. The van der Waals surface area contributed by atoms with Crippen molar-refractivity contribution < 1.29 is 13.5 Å². The van der Waals surface area contributed by atoms with Crippen LogP contribution in [0.3, 0.4) is 0 Å². The van der Waals surface area contributed by atoms with E-state index in [0.29, 0.717) is 6.54 Å². The van der Waals surface area contributed by atoms with Crippen LogP contribution in [0, 0.1) is 11.6 Å². The molecule has 0 unspecified atom stereocenters. The second kappa shape index (κ2) is 9.10. The van der Waals surface area contributed by atoms with Crippen LogP contribution in [0.4, 0.5) is 14.5 Å². The molecule has 2 N–H and O–H groups in total. The highest BCUT2D eigenvalue weighted by molar-refractivity contribution is 7.80. The summed E-state index contributed by atoms with van der Waals surface area (Å²) in [6.07, 6.45) is 2.35. The van der Waals surface area contributed by atoms with E-state index in [2.05, 4.69) is 22.6 Å². The summed E-state index contributed by atoms with van der Waals surface area (Å²) in [5.74, 6) is -0.448. The summed E-state index contributed by atoms with van der Waals surface area (Å²) in [6.45, 7) is 2.61. The average molecular weight is 391 g/mol. The standard InChI is InChI=1S/C20H23F2N3OS/c1-25-10-8-17(9-11-25)26-16-5-2-14(3-6-16)13-23-20(27)24-19-7-4-15(21)12-18(19)22/h2-7,12,17H,8-11,13H2,1H3,(H2,23,24,27). The molecule has 1 heterocycles. The zero-order valence-corrected chi connectivity index (χ0v) is 16.0. The topological polar surface area (TPSA) is 36.5 Å². The summed E-state index contributed by atoms with van der Waals surface area (Å²) in [5.41, 5.74) is 1.16. The molecule has 1 aliphatic rings. The molecule has 0 aliphatic carbocycles. The van der Waals surface area contributed by atoms with Gasteiger partial charge in [-0.1, -0.05) is 12.1 Å². The number of thiocarbonyl (C=S) groups is 1. The minimum absolute atomic E-state index is 0.135. The number of nitrogens with one attached hydrogen (secondary N) is 2. The third kappa shape index (κ3) is 5.87. The van der Waals surface area contributed by atoms with Gasteiger partial charge in [0.15, 0.2) is 5.11 Å². The van der Waals surface area contributed by atoms with Crippen LogP contribution in [0.2, 0.25) is 0 Å². The first kappa shape index (κ1) is 19.5. The smallest absolute Gasteiger partial charge is 0.171 e. The maximum Gasteiger partial charge on any atom is 0.171 e. The van der Waals surface area contributed by atoms with E-state index >= 15 is 0 Å². The Morgan fingerprint density at radius 1 is 1.15 bits per heavy atom. The summed E-state index contributed by atoms with van der Waals surface area (Å²) in [4.78, 5) is 2.31. The Morgan fingerprint density at radius 2 is 1.85 bits per heavy atom. The summed E-state index contributed by atoms with van der Waals surface area (Å²) >= 11 is 5.16. The number of anilines is 1. The van der Waals surface area contributed by atoms with Gasteiger partial charge in [-0.2, -0.15) is 0 Å².